The first kappa shape index (κ1) is 18.6. The van der Waals surface area contributed by atoms with Crippen LogP contribution in [0.1, 0.15) is 11.4 Å². The highest BCUT2D eigenvalue weighted by atomic mass is 31.2. The topological polar surface area (TPSA) is 98.9 Å². The number of para-hydroxylation sites is 2. The van der Waals surface area contributed by atoms with Gasteiger partial charge in [-0.1, -0.05) is 36.4 Å². The van der Waals surface area contributed by atoms with Crippen LogP contribution < -0.4 is 9.05 Å². The molecule has 0 amide bonds. The molecule has 0 spiro atoms. The van der Waals surface area contributed by atoms with Gasteiger partial charge in [0.25, 0.3) is 5.69 Å². The molecule has 0 saturated heterocycles. The Kier molecular flexibility index (Phi) is 5.54. The quantitative estimate of drug-likeness (QED) is 0.351. The minimum absolute atomic E-state index is 0.145. The van der Waals surface area contributed by atoms with Gasteiger partial charge in [-0.3, -0.25) is 10.1 Å². The van der Waals surface area contributed by atoms with E-state index in [4.69, 9.17) is 9.05 Å². The highest BCUT2D eigenvalue weighted by Gasteiger charge is 2.39. The van der Waals surface area contributed by atoms with E-state index in [9.17, 15) is 19.8 Å². The highest BCUT2D eigenvalue weighted by molar-refractivity contribution is 7.54. The van der Waals surface area contributed by atoms with Gasteiger partial charge < -0.3 is 14.2 Å². The van der Waals surface area contributed by atoms with Crippen molar-refractivity contribution in [1.29, 1.82) is 0 Å². The van der Waals surface area contributed by atoms with E-state index < -0.39 is 18.4 Å². The average Bonchev–Trinajstić information content (AvgIpc) is 2.69. The van der Waals surface area contributed by atoms with Crippen LogP contribution in [-0.2, 0) is 4.57 Å². The number of aliphatic hydroxyl groups excluding tert-OH is 1. The Bertz CT molecular complexity index is 901. The lowest BCUT2D eigenvalue weighted by Gasteiger charge is -2.24. The summed E-state index contributed by atoms with van der Waals surface area (Å²) in [6.07, 6.45) is 0. The molecule has 3 aromatic rings. The van der Waals surface area contributed by atoms with Gasteiger partial charge in [0.15, 0.2) is 0 Å². The largest absolute Gasteiger partial charge is 0.463 e. The first-order valence-electron chi connectivity index (χ1n) is 7.99. The van der Waals surface area contributed by atoms with Crippen molar-refractivity contribution >= 4 is 13.3 Å². The van der Waals surface area contributed by atoms with Crippen molar-refractivity contribution in [2.45, 2.75) is 5.85 Å². The van der Waals surface area contributed by atoms with Gasteiger partial charge in [0.2, 0.25) is 5.85 Å². The number of non-ortho nitro benzene ring substituents is 1. The SMILES string of the molecule is O=[N+]([O-])c1ccc([C@@H](O)P(=O)(Oc2ccccc2)Oc2ccccc2)cc1. The molecule has 8 heteroatoms. The van der Waals surface area contributed by atoms with Crippen molar-refractivity contribution in [3.05, 3.63) is 101 Å². The molecule has 3 aromatic carbocycles. The summed E-state index contributed by atoms with van der Waals surface area (Å²) < 4.78 is 24.5. The molecule has 0 unspecified atom stereocenters. The summed E-state index contributed by atoms with van der Waals surface area (Å²) >= 11 is 0. The van der Waals surface area contributed by atoms with E-state index in [2.05, 4.69) is 0 Å². The van der Waals surface area contributed by atoms with Crippen LogP contribution in [0.4, 0.5) is 5.69 Å². The third-order valence-electron chi connectivity index (χ3n) is 3.65. The third kappa shape index (κ3) is 4.53. The predicted molar refractivity (Wildman–Crippen MR) is 99.8 cm³/mol. The Balaban J connectivity index is 1.94. The van der Waals surface area contributed by atoms with Gasteiger partial charge in [0, 0.05) is 12.1 Å². The van der Waals surface area contributed by atoms with E-state index in [1.54, 1.807) is 60.7 Å². The third-order valence-corrected chi connectivity index (χ3v) is 5.48. The molecule has 0 radical (unpaired) electrons. The van der Waals surface area contributed by atoms with Crippen LogP contribution >= 0.6 is 7.60 Å². The normalized spacial score (nSPS) is 12.2. The zero-order valence-corrected chi connectivity index (χ0v) is 14.9. The second-order valence-corrected chi connectivity index (χ2v) is 7.50. The molecule has 0 aliphatic carbocycles. The van der Waals surface area contributed by atoms with E-state index in [1.165, 1.54) is 24.3 Å². The standard InChI is InChI=1S/C19H16NO6P/c21-19(15-11-13-16(14-12-15)20(22)23)27(24,25-17-7-3-1-4-8-17)26-18-9-5-2-6-10-18/h1-14,19,21H/t19-/m0/s1. The first-order valence-corrected chi connectivity index (χ1v) is 9.60. The molecular weight excluding hydrogens is 369 g/mol. The van der Waals surface area contributed by atoms with Gasteiger partial charge in [0.05, 0.1) is 4.92 Å². The van der Waals surface area contributed by atoms with E-state index >= 15 is 0 Å². The van der Waals surface area contributed by atoms with Gasteiger partial charge in [-0.25, -0.2) is 4.57 Å². The number of aliphatic hydroxyl groups is 1. The van der Waals surface area contributed by atoms with E-state index in [1.807, 2.05) is 0 Å². The lowest BCUT2D eigenvalue weighted by atomic mass is 10.2. The van der Waals surface area contributed by atoms with Crippen LogP contribution in [0, 0.1) is 10.1 Å². The van der Waals surface area contributed by atoms with Gasteiger partial charge in [-0.15, -0.1) is 0 Å². The minimum Gasteiger partial charge on any atom is -0.414 e. The van der Waals surface area contributed by atoms with Gasteiger partial charge >= 0.3 is 7.60 Å². The molecule has 0 fully saturated rings. The lowest BCUT2D eigenvalue weighted by Crippen LogP contribution is -2.10. The fraction of sp³-hybridized carbons (Fsp3) is 0.0526. The second-order valence-electron chi connectivity index (χ2n) is 5.57. The molecular formula is C19H16NO6P. The van der Waals surface area contributed by atoms with Crippen LogP contribution in [0.25, 0.3) is 0 Å². The van der Waals surface area contributed by atoms with Crippen LogP contribution in [-0.4, -0.2) is 10.0 Å². The molecule has 0 heterocycles. The average molecular weight is 385 g/mol. The Hall–Kier alpha value is -3.15. The maximum Gasteiger partial charge on any atom is 0.463 e. The number of hydrogen-bond acceptors (Lipinski definition) is 6. The molecule has 7 nitrogen and oxygen atoms in total. The van der Waals surface area contributed by atoms with Crippen LogP contribution in [0.15, 0.2) is 84.9 Å². The van der Waals surface area contributed by atoms with Crippen LogP contribution in [0.5, 0.6) is 11.5 Å². The number of benzene rings is 3. The van der Waals surface area contributed by atoms with Crippen molar-refractivity contribution in [2.75, 3.05) is 0 Å². The first-order chi connectivity index (χ1) is 13.0. The summed E-state index contributed by atoms with van der Waals surface area (Å²) in [5, 5.41) is 21.5. The monoisotopic (exact) mass is 385 g/mol. The highest BCUT2D eigenvalue weighted by Crippen LogP contribution is 2.58. The number of nitro benzene ring substituents is 1. The van der Waals surface area contributed by atoms with Gasteiger partial charge in [-0.2, -0.15) is 0 Å². The molecule has 1 atom stereocenters. The summed E-state index contributed by atoms with van der Waals surface area (Å²) in [5.41, 5.74) is 0.0320. The molecule has 0 bridgehead atoms. The molecule has 1 N–H and O–H groups in total. The summed E-state index contributed by atoms with van der Waals surface area (Å²) in [5.74, 6) is -1.12. The van der Waals surface area contributed by atoms with Crippen molar-refractivity contribution in [3.63, 3.8) is 0 Å². The lowest BCUT2D eigenvalue weighted by molar-refractivity contribution is -0.384. The fourth-order valence-electron chi connectivity index (χ4n) is 2.33. The van der Waals surface area contributed by atoms with Crippen LogP contribution in [0.2, 0.25) is 0 Å². The molecule has 27 heavy (non-hydrogen) atoms. The number of nitrogens with zero attached hydrogens (tertiary/aromatic N) is 1. The van der Waals surface area contributed by atoms with Gasteiger partial charge in [-0.05, 0) is 42.0 Å². The van der Waals surface area contributed by atoms with Crippen molar-refractivity contribution in [1.82, 2.24) is 0 Å². The number of hydrogen-bond donors (Lipinski definition) is 1. The zero-order valence-electron chi connectivity index (χ0n) is 14.0. The molecule has 3 rings (SSSR count). The zero-order chi connectivity index (χ0) is 19.3. The smallest absolute Gasteiger partial charge is 0.414 e. The van der Waals surface area contributed by atoms with Crippen molar-refractivity contribution in [3.8, 4) is 11.5 Å². The van der Waals surface area contributed by atoms with Crippen molar-refractivity contribution in [2.24, 2.45) is 0 Å². The summed E-state index contributed by atoms with van der Waals surface area (Å²) in [7, 11) is -4.13. The Morgan fingerprint density at radius 2 is 1.26 bits per heavy atom. The maximum atomic E-state index is 13.4. The predicted octanol–water partition coefficient (Wildman–Crippen LogP) is 4.94. The second kappa shape index (κ2) is 8.03. The van der Waals surface area contributed by atoms with Crippen LogP contribution in [0.3, 0.4) is 0 Å². The van der Waals surface area contributed by atoms with E-state index in [0.29, 0.717) is 0 Å². The minimum atomic E-state index is -4.13. The Morgan fingerprint density at radius 1 is 0.815 bits per heavy atom. The molecule has 0 aromatic heterocycles. The summed E-state index contributed by atoms with van der Waals surface area (Å²) in [6.45, 7) is 0. The Morgan fingerprint density at radius 3 is 1.67 bits per heavy atom. The molecule has 0 saturated carbocycles. The Labute approximate surface area is 155 Å². The number of nitro groups is 1. The van der Waals surface area contributed by atoms with Crippen molar-refractivity contribution < 1.29 is 23.6 Å². The van der Waals surface area contributed by atoms with E-state index in [-0.39, 0.29) is 22.7 Å². The number of rotatable bonds is 7. The summed E-state index contributed by atoms with van der Waals surface area (Å²) in [6, 6.07) is 21.7. The molecule has 0 aliphatic heterocycles. The fourth-order valence-corrected chi connectivity index (χ4v) is 3.93. The molecule has 138 valence electrons. The molecule has 0 aliphatic rings. The summed E-state index contributed by atoms with van der Waals surface area (Å²) in [4.78, 5) is 10.2. The van der Waals surface area contributed by atoms with Gasteiger partial charge in [0.1, 0.15) is 11.5 Å². The maximum absolute atomic E-state index is 13.4. The van der Waals surface area contributed by atoms with E-state index in [0.717, 1.165) is 0 Å².